The molecule has 2 aromatic carbocycles. The Labute approximate surface area is 110 Å². The third-order valence-corrected chi connectivity index (χ3v) is 3.18. The van der Waals surface area contributed by atoms with Crippen LogP contribution in [0.5, 0.6) is 5.75 Å². The molecule has 0 bridgehead atoms. The molecule has 0 aliphatic heterocycles. The van der Waals surface area contributed by atoms with Crippen molar-refractivity contribution in [2.45, 2.75) is 6.54 Å². The molecule has 3 aromatic rings. The molecule has 3 rings (SSSR count). The van der Waals surface area contributed by atoms with E-state index in [1.807, 2.05) is 48.5 Å². The number of para-hydroxylation sites is 2. The predicted octanol–water partition coefficient (Wildman–Crippen LogP) is 2.39. The lowest BCUT2D eigenvalue weighted by atomic mass is 10.2. The monoisotopic (exact) mass is 254 g/mol. The Morgan fingerprint density at radius 3 is 2.58 bits per heavy atom. The first-order valence-electron chi connectivity index (χ1n) is 6.08. The average molecular weight is 254 g/mol. The number of nitrogens with one attached hydrogen (secondary N) is 1. The summed E-state index contributed by atoms with van der Waals surface area (Å²) in [5.74, 6) is 0.815. The molecular formula is C15H14N2O2. The van der Waals surface area contributed by atoms with Crippen molar-refractivity contribution in [3.63, 3.8) is 0 Å². The van der Waals surface area contributed by atoms with E-state index in [0.717, 1.165) is 22.3 Å². The Kier molecular flexibility index (Phi) is 2.83. The second-order valence-electron chi connectivity index (χ2n) is 4.38. The van der Waals surface area contributed by atoms with Crippen LogP contribution in [0.4, 0.5) is 0 Å². The maximum absolute atomic E-state index is 11.9. The first kappa shape index (κ1) is 11.6. The topological polar surface area (TPSA) is 47.0 Å². The van der Waals surface area contributed by atoms with Crippen molar-refractivity contribution >= 4 is 11.0 Å². The summed E-state index contributed by atoms with van der Waals surface area (Å²) < 4.78 is 6.86. The standard InChI is InChI=1S/C15H14N2O2/c1-19-12-8-6-11(7-9-12)10-17-14-5-3-2-4-13(14)16-15(17)18/h2-9H,10H2,1H3,(H,16,18). The van der Waals surface area contributed by atoms with Crippen LogP contribution in [0, 0.1) is 0 Å². The van der Waals surface area contributed by atoms with E-state index >= 15 is 0 Å². The van der Waals surface area contributed by atoms with Crippen molar-refractivity contribution in [1.29, 1.82) is 0 Å². The van der Waals surface area contributed by atoms with E-state index < -0.39 is 0 Å². The van der Waals surface area contributed by atoms with Gasteiger partial charge in [-0.3, -0.25) is 4.57 Å². The molecule has 4 heteroatoms. The van der Waals surface area contributed by atoms with Crippen molar-refractivity contribution < 1.29 is 4.74 Å². The van der Waals surface area contributed by atoms with Gasteiger partial charge in [0.1, 0.15) is 5.75 Å². The molecule has 0 aliphatic carbocycles. The lowest BCUT2D eigenvalue weighted by Crippen LogP contribution is -2.17. The lowest BCUT2D eigenvalue weighted by Gasteiger charge is -2.05. The number of H-pyrrole nitrogens is 1. The molecule has 4 nitrogen and oxygen atoms in total. The van der Waals surface area contributed by atoms with Gasteiger partial charge in [-0.05, 0) is 29.8 Å². The van der Waals surface area contributed by atoms with Crippen molar-refractivity contribution in [2.24, 2.45) is 0 Å². The van der Waals surface area contributed by atoms with Crippen LogP contribution in [0.1, 0.15) is 5.56 Å². The molecule has 0 amide bonds. The molecule has 96 valence electrons. The van der Waals surface area contributed by atoms with Gasteiger partial charge < -0.3 is 9.72 Å². The molecule has 0 radical (unpaired) electrons. The molecule has 1 N–H and O–H groups in total. The van der Waals surface area contributed by atoms with Crippen molar-refractivity contribution in [2.75, 3.05) is 7.11 Å². The fourth-order valence-electron chi connectivity index (χ4n) is 2.18. The van der Waals surface area contributed by atoms with E-state index in [2.05, 4.69) is 4.98 Å². The Morgan fingerprint density at radius 1 is 1.11 bits per heavy atom. The minimum Gasteiger partial charge on any atom is -0.497 e. The number of imidazole rings is 1. The first-order chi connectivity index (χ1) is 9.28. The maximum atomic E-state index is 11.9. The van der Waals surface area contributed by atoms with E-state index in [9.17, 15) is 4.79 Å². The number of aromatic amines is 1. The van der Waals surface area contributed by atoms with Crippen LogP contribution in [0.3, 0.4) is 0 Å². The zero-order chi connectivity index (χ0) is 13.2. The smallest absolute Gasteiger partial charge is 0.326 e. The van der Waals surface area contributed by atoms with Crippen LogP contribution >= 0.6 is 0 Å². The van der Waals surface area contributed by atoms with E-state index in [1.165, 1.54) is 0 Å². The summed E-state index contributed by atoms with van der Waals surface area (Å²) in [5, 5.41) is 0. The summed E-state index contributed by atoms with van der Waals surface area (Å²) in [6.07, 6.45) is 0. The van der Waals surface area contributed by atoms with Crippen molar-refractivity contribution in [3.8, 4) is 5.75 Å². The highest BCUT2D eigenvalue weighted by molar-refractivity contribution is 5.75. The molecule has 0 fully saturated rings. The Morgan fingerprint density at radius 2 is 1.84 bits per heavy atom. The van der Waals surface area contributed by atoms with Crippen LogP contribution < -0.4 is 10.4 Å². The van der Waals surface area contributed by atoms with E-state index in [4.69, 9.17) is 4.74 Å². The highest BCUT2D eigenvalue weighted by Crippen LogP contribution is 2.14. The molecule has 0 spiro atoms. The highest BCUT2D eigenvalue weighted by atomic mass is 16.5. The van der Waals surface area contributed by atoms with Crippen LogP contribution in [0.15, 0.2) is 53.3 Å². The minimum atomic E-state index is -0.0861. The molecule has 0 aliphatic rings. The second-order valence-corrected chi connectivity index (χ2v) is 4.38. The number of hydrogen-bond donors (Lipinski definition) is 1. The third-order valence-electron chi connectivity index (χ3n) is 3.18. The van der Waals surface area contributed by atoms with E-state index in [-0.39, 0.29) is 5.69 Å². The van der Waals surface area contributed by atoms with Gasteiger partial charge in [-0.25, -0.2) is 4.79 Å². The number of ether oxygens (including phenoxy) is 1. The lowest BCUT2D eigenvalue weighted by molar-refractivity contribution is 0.414. The van der Waals surface area contributed by atoms with Crippen LogP contribution in [-0.4, -0.2) is 16.7 Å². The summed E-state index contributed by atoms with van der Waals surface area (Å²) in [5.41, 5.74) is 2.76. The van der Waals surface area contributed by atoms with Crippen molar-refractivity contribution in [3.05, 3.63) is 64.6 Å². The Bertz CT molecular complexity index is 754. The molecular weight excluding hydrogens is 240 g/mol. The van der Waals surface area contributed by atoms with Gasteiger partial charge >= 0.3 is 5.69 Å². The molecule has 0 atom stereocenters. The third kappa shape index (κ3) is 2.12. The average Bonchev–Trinajstić information content (AvgIpc) is 2.76. The summed E-state index contributed by atoms with van der Waals surface area (Å²) >= 11 is 0. The fourth-order valence-corrected chi connectivity index (χ4v) is 2.18. The van der Waals surface area contributed by atoms with Crippen LogP contribution in [0.2, 0.25) is 0 Å². The number of methoxy groups -OCH3 is 1. The minimum absolute atomic E-state index is 0.0861. The Hall–Kier alpha value is -2.49. The molecule has 0 unspecified atom stereocenters. The van der Waals surface area contributed by atoms with E-state index in [0.29, 0.717) is 6.54 Å². The number of aromatic nitrogens is 2. The van der Waals surface area contributed by atoms with Gasteiger partial charge in [0.15, 0.2) is 0 Å². The SMILES string of the molecule is COc1ccc(Cn2c(=O)[nH]c3ccccc32)cc1. The first-order valence-corrected chi connectivity index (χ1v) is 6.08. The normalized spacial score (nSPS) is 10.8. The van der Waals surface area contributed by atoms with Gasteiger partial charge in [0.05, 0.1) is 24.7 Å². The fraction of sp³-hybridized carbons (Fsp3) is 0.133. The highest BCUT2D eigenvalue weighted by Gasteiger charge is 2.06. The maximum Gasteiger partial charge on any atom is 0.326 e. The number of hydrogen-bond acceptors (Lipinski definition) is 2. The number of fused-ring (bicyclic) bond motifs is 1. The number of nitrogens with zero attached hydrogens (tertiary/aromatic N) is 1. The molecule has 0 saturated heterocycles. The summed E-state index contributed by atoms with van der Waals surface area (Å²) in [6.45, 7) is 0.548. The number of rotatable bonds is 3. The Balaban J connectivity index is 2.00. The van der Waals surface area contributed by atoms with Gasteiger partial charge in [-0.1, -0.05) is 24.3 Å². The van der Waals surface area contributed by atoms with Crippen LogP contribution in [-0.2, 0) is 6.54 Å². The summed E-state index contributed by atoms with van der Waals surface area (Å²) in [6, 6.07) is 15.4. The van der Waals surface area contributed by atoms with Gasteiger partial charge in [0, 0.05) is 0 Å². The molecule has 0 saturated carbocycles. The van der Waals surface area contributed by atoms with Gasteiger partial charge in [-0.15, -0.1) is 0 Å². The zero-order valence-corrected chi connectivity index (χ0v) is 10.6. The summed E-state index contributed by atoms with van der Waals surface area (Å²) in [4.78, 5) is 14.8. The van der Waals surface area contributed by atoms with Crippen LogP contribution in [0.25, 0.3) is 11.0 Å². The van der Waals surface area contributed by atoms with Gasteiger partial charge in [0.2, 0.25) is 0 Å². The van der Waals surface area contributed by atoms with Crippen molar-refractivity contribution in [1.82, 2.24) is 9.55 Å². The van der Waals surface area contributed by atoms with Gasteiger partial charge in [-0.2, -0.15) is 0 Å². The molecule has 19 heavy (non-hydrogen) atoms. The van der Waals surface area contributed by atoms with Gasteiger partial charge in [0.25, 0.3) is 0 Å². The number of benzene rings is 2. The molecule has 1 aromatic heterocycles. The largest absolute Gasteiger partial charge is 0.497 e. The quantitative estimate of drug-likeness (QED) is 0.780. The van der Waals surface area contributed by atoms with E-state index in [1.54, 1.807) is 11.7 Å². The molecule has 1 heterocycles. The summed E-state index contributed by atoms with van der Waals surface area (Å²) in [7, 11) is 1.64. The zero-order valence-electron chi connectivity index (χ0n) is 10.6. The predicted molar refractivity (Wildman–Crippen MR) is 74.7 cm³/mol. The second kappa shape index (κ2) is 4.65.